The van der Waals surface area contributed by atoms with E-state index in [1.165, 1.54) is 12.1 Å². The van der Waals surface area contributed by atoms with Gasteiger partial charge in [0.1, 0.15) is 4.90 Å². The molecule has 2 rings (SSSR count). The maximum atomic E-state index is 12.4. The zero-order valence-electron chi connectivity index (χ0n) is 10.6. The average Bonchev–Trinajstić information content (AvgIpc) is 2.37. The molecule has 0 fully saturated rings. The van der Waals surface area contributed by atoms with Gasteiger partial charge in [-0.15, -0.1) is 0 Å². The molecular formula is C13H9BrCl3NO2S. The Labute approximate surface area is 146 Å². The van der Waals surface area contributed by atoms with Crippen molar-refractivity contribution in [1.29, 1.82) is 0 Å². The fraction of sp³-hybridized carbons (Fsp3) is 0.0769. The van der Waals surface area contributed by atoms with Crippen LogP contribution >= 0.6 is 50.7 Å². The molecule has 3 nitrogen and oxygen atoms in total. The summed E-state index contributed by atoms with van der Waals surface area (Å²) >= 11 is 20.9. The molecule has 0 saturated carbocycles. The zero-order valence-corrected chi connectivity index (χ0v) is 15.3. The van der Waals surface area contributed by atoms with Crippen LogP contribution in [-0.4, -0.2) is 8.42 Å². The fourth-order valence-corrected chi connectivity index (χ4v) is 3.93. The van der Waals surface area contributed by atoms with E-state index in [9.17, 15) is 8.42 Å². The van der Waals surface area contributed by atoms with E-state index in [4.69, 9.17) is 34.8 Å². The quantitative estimate of drug-likeness (QED) is 0.653. The summed E-state index contributed by atoms with van der Waals surface area (Å²) in [7, 11) is -3.85. The summed E-state index contributed by atoms with van der Waals surface area (Å²) in [4.78, 5) is -0.126. The summed E-state index contributed by atoms with van der Waals surface area (Å²) in [5.74, 6) is 0. The van der Waals surface area contributed by atoms with Crippen LogP contribution in [0.25, 0.3) is 0 Å². The Hall–Kier alpha value is -0.460. The van der Waals surface area contributed by atoms with Gasteiger partial charge in [-0.05, 0) is 42.8 Å². The van der Waals surface area contributed by atoms with Gasteiger partial charge < -0.3 is 0 Å². The van der Waals surface area contributed by atoms with Crippen LogP contribution in [0.3, 0.4) is 0 Å². The highest BCUT2D eigenvalue weighted by molar-refractivity contribution is 9.10. The maximum Gasteiger partial charge on any atom is 0.263 e. The molecule has 8 heteroatoms. The van der Waals surface area contributed by atoms with Crippen molar-refractivity contribution in [2.75, 3.05) is 4.72 Å². The third kappa shape index (κ3) is 3.85. The Morgan fingerprint density at radius 2 is 1.62 bits per heavy atom. The van der Waals surface area contributed by atoms with Crippen molar-refractivity contribution in [3.05, 3.63) is 55.4 Å². The van der Waals surface area contributed by atoms with Crippen molar-refractivity contribution < 1.29 is 8.42 Å². The zero-order chi connectivity index (χ0) is 15.8. The number of halogens is 4. The standard InChI is InChI=1S/C13H9BrCl3NO2S/c1-7-4-8(2-3-9(7)14)18-21(19,20)13-6-11(16)10(15)5-12(13)17/h2-6,18H,1H3. The molecule has 0 aliphatic heterocycles. The fourth-order valence-electron chi connectivity index (χ4n) is 1.63. The highest BCUT2D eigenvalue weighted by atomic mass is 79.9. The van der Waals surface area contributed by atoms with Crippen LogP contribution in [0.1, 0.15) is 5.56 Å². The molecule has 2 aromatic rings. The van der Waals surface area contributed by atoms with Crippen molar-refractivity contribution >= 4 is 66.4 Å². The van der Waals surface area contributed by atoms with Crippen LogP contribution in [0, 0.1) is 6.92 Å². The first-order valence-corrected chi connectivity index (χ1v) is 9.05. The lowest BCUT2D eigenvalue weighted by atomic mass is 10.2. The SMILES string of the molecule is Cc1cc(NS(=O)(=O)c2cc(Cl)c(Cl)cc2Cl)ccc1Br. The molecule has 0 atom stereocenters. The summed E-state index contributed by atoms with van der Waals surface area (Å²) in [6, 6.07) is 7.61. The predicted molar refractivity (Wildman–Crippen MR) is 91.2 cm³/mol. The minimum absolute atomic E-state index is 0.00531. The molecule has 0 saturated heterocycles. The predicted octanol–water partition coefficient (Wildman–Crippen LogP) is 5.52. The number of rotatable bonds is 3. The van der Waals surface area contributed by atoms with Gasteiger partial charge in [0.25, 0.3) is 10.0 Å². The van der Waals surface area contributed by atoms with Crippen molar-refractivity contribution in [2.24, 2.45) is 0 Å². The summed E-state index contributed by atoms with van der Waals surface area (Å²) in [6.07, 6.45) is 0. The molecule has 0 heterocycles. The van der Waals surface area contributed by atoms with Crippen molar-refractivity contribution in [1.82, 2.24) is 0 Å². The van der Waals surface area contributed by atoms with Gasteiger partial charge in [0.15, 0.2) is 0 Å². The second kappa shape index (κ2) is 6.34. The van der Waals surface area contributed by atoms with Crippen LogP contribution in [-0.2, 0) is 10.0 Å². The number of benzene rings is 2. The van der Waals surface area contributed by atoms with Crippen LogP contribution in [0.2, 0.25) is 15.1 Å². The summed E-state index contributed by atoms with van der Waals surface area (Å²) in [5.41, 5.74) is 1.33. The molecule has 0 aliphatic carbocycles. The molecule has 0 amide bonds. The van der Waals surface area contributed by atoms with E-state index < -0.39 is 10.0 Å². The Bertz CT molecular complexity index is 809. The molecule has 21 heavy (non-hydrogen) atoms. The van der Waals surface area contributed by atoms with E-state index >= 15 is 0 Å². The van der Waals surface area contributed by atoms with Gasteiger partial charge in [0.2, 0.25) is 0 Å². The van der Waals surface area contributed by atoms with E-state index in [0.717, 1.165) is 10.0 Å². The highest BCUT2D eigenvalue weighted by Crippen LogP contribution is 2.32. The summed E-state index contributed by atoms with van der Waals surface area (Å²) in [5, 5.41) is 0.319. The summed E-state index contributed by atoms with van der Waals surface area (Å²) < 4.78 is 28.1. The number of nitrogens with one attached hydrogen (secondary N) is 1. The van der Waals surface area contributed by atoms with Gasteiger partial charge in [-0.3, -0.25) is 4.72 Å². The molecule has 112 valence electrons. The normalized spacial score (nSPS) is 11.5. The van der Waals surface area contributed by atoms with E-state index in [-0.39, 0.29) is 20.0 Å². The lowest BCUT2D eigenvalue weighted by molar-refractivity contribution is 0.601. The van der Waals surface area contributed by atoms with E-state index in [1.54, 1.807) is 18.2 Å². The lowest BCUT2D eigenvalue weighted by Gasteiger charge is -2.11. The third-order valence-electron chi connectivity index (χ3n) is 2.67. The number of hydrogen-bond donors (Lipinski definition) is 1. The van der Waals surface area contributed by atoms with Gasteiger partial charge in [-0.1, -0.05) is 50.7 Å². The first kappa shape index (κ1) is 16.9. The molecule has 0 aliphatic rings. The second-order valence-electron chi connectivity index (χ2n) is 4.27. The Morgan fingerprint density at radius 1 is 1.00 bits per heavy atom. The molecule has 0 unspecified atom stereocenters. The molecule has 0 radical (unpaired) electrons. The topological polar surface area (TPSA) is 46.2 Å². The van der Waals surface area contributed by atoms with E-state index in [0.29, 0.717) is 5.69 Å². The monoisotopic (exact) mass is 427 g/mol. The van der Waals surface area contributed by atoms with Crippen LogP contribution in [0.5, 0.6) is 0 Å². The van der Waals surface area contributed by atoms with E-state index in [2.05, 4.69) is 20.7 Å². The number of hydrogen-bond acceptors (Lipinski definition) is 2. The van der Waals surface area contributed by atoms with Crippen molar-refractivity contribution in [3.8, 4) is 0 Å². The lowest BCUT2D eigenvalue weighted by Crippen LogP contribution is -2.13. The minimum atomic E-state index is -3.85. The number of aryl methyl sites for hydroxylation is 1. The smallest absolute Gasteiger partial charge is 0.263 e. The van der Waals surface area contributed by atoms with Crippen LogP contribution < -0.4 is 4.72 Å². The van der Waals surface area contributed by atoms with Crippen LogP contribution in [0.15, 0.2) is 39.7 Å². The average molecular weight is 430 g/mol. The van der Waals surface area contributed by atoms with Crippen molar-refractivity contribution in [3.63, 3.8) is 0 Å². The van der Waals surface area contributed by atoms with Gasteiger partial charge >= 0.3 is 0 Å². The Kier molecular flexibility index (Phi) is 5.11. The molecule has 0 spiro atoms. The highest BCUT2D eigenvalue weighted by Gasteiger charge is 2.20. The maximum absolute atomic E-state index is 12.4. The molecule has 0 bridgehead atoms. The van der Waals surface area contributed by atoms with E-state index in [1.807, 2.05) is 6.92 Å². The van der Waals surface area contributed by atoms with Gasteiger partial charge in [0.05, 0.1) is 15.1 Å². The number of sulfonamides is 1. The Balaban J connectivity index is 2.43. The third-order valence-corrected chi connectivity index (χ3v) is 6.13. The largest absolute Gasteiger partial charge is 0.280 e. The van der Waals surface area contributed by atoms with Gasteiger partial charge in [-0.25, -0.2) is 8.42 Å². The number of anilines is 1. The second-order valence-corrected chi connectivity index (χ2v) is 7.99. The van der Waals surface area contributed by atoms with Crippen LogP contribution in [0.4, 0.5) is 5.69 Å². The molecule has 0 aromatic heterocycles. The summed E-state index contributed by atoms with van der Waals surface area (Å²) in [6.45, 7) is 1.86. The van der Waals surface area contributed by atoms with Gasteiger partial charge in [0, 0.05) is 10.2 Å². The Morgan fingerprint density at radius 3 is 2.24 bits per heavy atom. The first-order chi connectivity index (χ1) is 9.70. The molecular weight excluding hydrogens is 420 g/mol. The van der Waals surface area contributed by atoms with Crippen molar-refractivity contribution in [2.45, 2.75) is 11.8 Å². The van der Waals surface area contributed by atoms with Gasteiger partial charge in [-0.2, -0.15) is 0 Å². The minimum Gasteiger partial charge on any atom is -0.280 e. The molecule has 2 aromatic carbocycles. The molecule has 1 N–H and O–H groups in total. The first-order valence-electron chi connectivity index (χ1n) is 5.64.